The van der Waals surface area contributed by atoms with Gasteiger partial charge < -0.3 is 5.32 Å². The molecule has 6 heteroatoms. The lowest BCUT2D eigenvalue weighted by molar-refractivity contribution is 0.513. The van der Waals surface area contributed by atoms with Crippen LogP contribution in [0.5, 0.6) is 0 Å². The van der Waals surface area contributed by atoms with E-state index in [1.807, 2.05) is 0 Å². The Hall–Kier alpha value is -0.170. The fourth-order valence-electron chi connectivity index (χ4n) is 1.42. The van der Waals surface area contributed by atoms with Crippen molar-refractivity contribution < 1.29 is 8.42 Å². The normalized spacial score (nSPS) is 25.5. The van der Waals surface area contributed by atoms with Gasteiger partial charge in [0.05, 0.1) is 0 Å². The number of nitrogens with one attached hydrogen (secondary N) is 3. The van der Waals surface area contributed by atoms with Gasteiger partial charge in [0.25, 0.3) is 10.2 Å². The summed E-state index contributed by atoms with van der Waals surface area (Å²) in [5.41, 5.74) is 0. The Morgan fingerprint density at radius 2 is 2.08 bits per heavy atom. The summed E-state index contributed by atoms with van der Waals surface area (Å²) >= 11 is 0. The monoisotopic (exact) mass is 207 g/mol. The van der Waals surface area contributed by atoms with Crippen LogP contribution in [-0.4, -0.2) is 34.6 Å². The number of hydrogen-bond donors (Lipinski definition) is 3. The Kier molecular flexibility index (Phi) is 4.11. The number of rotatable bonds is 3. The highest BCUT2D eigenvalue weighted by molar-refractivity contribution is 7.87. The van der Waals surface area contributed by atoms with E-state index in [2.05, 4.69) is 14.8 Å². The molecule has 1 rings (SSSR count). The van der Waals surface area contributed by atoms with E-state index in [1.54, 1.807) is 0 Å². The first kappa shape index (κ1) is 10.9. The lowest BCUT2D eigenvalue weighted by atomic mass is 10.1. The maximum Gasteiger partial charge on any atom is 0.276 e. The van der Waals surface area contributed by atoms with Crippen molar-refractivity contribution in [2.24, 2.45) is 0 Å². The van der Waals surface area contributed by atoms with Gasteiger partial charge in [0.15, 0.2) is 0 Å². The van der Waals surface area contributed by atoms with Gasteiger partial charge in [-0.3, -0.25) is 0 Å². The average molecular weight is 207 g/mol. The molecule has 1 aliphatic rings. The zero-order valence-electron chi connectivity index (χ0n) is 7.84. The highest BCUT2D eigenvalue weighted by Crippen LogP contribution is 2.05. The van der Waals surface area contributed by atoms with Crippen molar-refractivity contribution in [3.05, 3.63) is 0 Å². The molecule has 0 spiro atoms. The molecule has 1 fully saturated rings. The van der Waals surface area contributed by atoms with Gasteiger partial charge in [-0.15, -0.1) is 0 Å². The van der Waals surface area contributed by atoms with Gasteiger partial charge in [-0.25, -0.2) is 4.72 Å². The van der Waals surface area contributed by atoms with Gasteiger partial charge in [0, 0.05) is 13.1 Å². The van der Waals surface area contributed by atoms with Crippen LogP contribution >= 0.6 is 0 Å². The molecule has 0 radical (unpaired) electrons. The molecule has 0 aromatic carbocycles. The average Bonchev–Trinajstić information content (AvgIpc) is 2.32. The van der Waals surface area contributed by atoms with E-state index in [0.29, 0.717) is 0 Å². The van der Waals surface area contributed by atoms with E-state index < -0.39 is 10.2 Å². The third-order valence-corrected chi connectivity index (χ3v) is 3.35. The van der Waals surface area contributed by atoms with Crippen LogP contribution in [0.4, 0.5) is 0 Å². The van der Waals surface area contributed by atoms with Crippen molar-refractivity contribution in [2.75, 3.05) is 20.1 Å². The van der Waals surface area contributed by atoms with Crippen molar-refractivity contribution in [1.82, 2.24) is 14.8 Å². The Morgan fingerprint density at radius 1 is 1.31 bits per heavy atom. The van der Waals surface area contributed by atoms with Crippen molar-refractivity contribution in [3.8, 4) is 0 Å². The summed E-state index contributed by atoms with van der Waals surface area (Å²) in [6, 6.07) is 0.0763. The Labute approximate surface area is 79.5 Å². The van der Waals surface area contributed by atoms with Crippen LogP contribution < -0.4 is 14.8 Å². The Balaban J connectivity index is 2.42. The van der Waals surface area contributed by atoms with Crippen LogP contribution in [0.25, 0.3) is 0 Å². The first-order valence-electron chi connectivity index (χ1n) is 4.55. The Bertz CT molecular complexity index is 232. The summed E-state index contributed by atoms with van der Waals surface area (Å²) in [6.07, 6.45) is 2.80. The third-order valence-electron chi connectivity index (χ3n) is 2.17. The quantitative estimate of drug-likeness (QED) is 0.566. The maximum atomic E-state index is 11.1. The van der Waals surface area contributed by atoms with Gasteiger partial charge in [0.1, 0.15) is 0 Å². The summed E-state index contributed by atoms with van der Waals surface area (Å²) in [5.74, 6) is 0. The van der Waals surface area contributed by atoms with Crippen molar-refractivity contribution in [1.29, 1.82) is 0 Å². The van der Waals surface area contributed by atoms with E-state index in [1.165, 1.54) is 7.05 Å². The predicted molar refractivity (Wildman–Crippen MR) is 51.6 cm³/mol. The zero-order valence-corrected chi connectivity index (χ0v) is 8.65. The van der Waals surface area contributed by atoms with Gasteiger partial charge in [-0.05, 0) is 32.4 Å². The molecule has 1 saturated heterocycles. The van der Waals surface area contributed by atoms with Gasteiger partial charge in [0.2, 0.25) is 0 Å². The molecule has 5 nitrogen and oxygen atoms in total. The highest BCUT2D eigenvalue weighted by Gasteiger charge is 2.16. The lowest BCUT2D eigenvalue weighted by Crippen LogP contribution is -2.41. The van der Waals surface area contributed by atoms with E-state index in [9.17, 15) is 8.42 Å². The molecular formula is C7H17N3O2S. The zero-order chi connectivity index (χ0) is 9.73. The lowest BCUT2D eigenvalue weighted by Gasteiger charge is -2.14. The van der Waals surface area contributed by atoms with Crippen molar-refractivity contribution in [2.45, 2.75) is 25.3 Å². The van der Waals surface area contributed by atoms with Crippen molar-refractivity contribution in [3.63, 3.8) is 0 Å². The molecule has 0 aliphatic carbocycles. The fraction of sp³-hybridized carbons (Fsp3) is 1.00. The smallest absolute Gasteiger partial charge is 0.276 e. The third kappa shape index (κ3) is 4.04. The molecule has 1 aliphatic heterocycles. The molecule has 1 atom stereocenters. The van der Waals surface area contributed by atoms with E-state index in [4.69, 9.17) is 0 Å². The summed E-state index contributed by atoms with van der Waals surface area (Å²) in [5, 5.41) is 3.23. The molecule has 13 heavy (non-hydrogen) atoms. The molecule has 0 aromatic rings. The summed E-state index contributed by atoms with van der Waals surface area (Å²) in [4.78, 5) is 0. The highest BCUT2D eigenvalue weighted by atomic mass is 32.2. The first-order chi connectivity index (χ1) is 6.14. The van der Waals surface area contributed by atoms with E-state index in [0.717, 1.165) is 32.4 Å². The minimum Gasteiger partial charge on any atom is -0.317 e. The molecule has 78 valence electrons. The molecular weight excluding hydrogens is 190 g/mol. The fourth-order valence-corrected chi connectivity index (χ4v) is 2.21. The summed E-state index contributed by atoms with van der Waals surface area (Å²) in [6.45, 7) is 1.87. The van der Waals surface area contributed by atoms with Gasteiger partial charge >= 0.3 is 0 Å². The van der Waals surface area contributed by atoms with Crippen LogP contribution in [-0.2, 0) is 10.2 Å². The molecule has 1 heterocycles. The molecule has 0 bridgehead atoms. The molecule has 0 saturated carbocycles. The topological polar surface area (TPSA) is 70.2 Å². The second-order valence-electron chi connectivity index (χ2n) is 3.20. The number of hydrogen-bond acceptors (Lipinski definition) is 3. The van der Waals surface area contributed by atoms with Crippen LogP contribution in [0.2, 0.25) is 0 Å². The van der Waals surface area contributed by atoms with Crippen LogP contribution in [0.15, 0.2) is 0 Å². The van der Waals surface area contributed by atoms with Gasteiger partial charge in [-0.2, -0.15) is 13.1 Å². The van der Waals surface area contributed by atoms with E-state index >= 15 is 0 Å². The SMILES string of the molecule is CNS(=O)(=O)NC1CCCNCC1. The molecule has 1 unspecified atom stereocenters. The molecule has 0 amide bonds. The first-order valence-corrected chi connectivity index (χ1v) is 6.04. The van der Waals surface area contributed by atoms with Gasteiger partial charge in [-0.1, -0.05) is 0 Å². The van der Waals surface area contributed by atoms with Crippen LogP contribution in [0, 0.1) is 0 Å². The second kappa shape index (κ2) is 4.90. The Morgan fingerprint density at radius 3 is 2.77 bits per heavy atom. The summed E-state index contributed by atoms with van der Waals surface area (Å²) < 4.78 is 27.1. The van der Waals surface area contributed by atoms with Crippen molar-refractivity contribution >= 4 is 10.2 Å². The largest absolute Gasteiger partial charge is 0.317 e. The van der Waals surface area contributed by atoms with Crippen LogP contribution in [0.1, 0.15) is 19.3 Å². The molecule has 0 aromatic heterocycles. The molecule has 3 N–H and O–H groups in total. The second-order valence-corrected chi connectivity index (χ2v) is 4.85. The standard InChI is InChI=1S/C7H17N3O2S/c1-8-13(11,12)10-7-3-2-5-9-6-4-7/h7-10H,2-6H2,1H3. The van der Waals surface area contributed by atoms with Crippen LogP contribution in [0.3, 0.4) is 0 Å². The maximum absolute atomic E-state index is 11.1. The predicted octanol–water partition coefficient (Wildman–Crippen LogP) is -0.818. The summed E-state index contributed by atoms with van der Waals surface area (Å²) in [7, 11) is -1.85. The van der Waals surface area contributed by atoms with E-state index in [-0.39, 0.29) is 6.04 Å². The minimum atomic E-state index is -3.26. The minimum absolute atomic E-state index is 0.0763.